The molecule has 140 valence electrons. The van der Waals surface area contributed by atoms with Crippen LogP contribution in [0.15, 0.2) is 54.6 Å². The fourth-order valence-corrected chi connectivity index (χ4v) is 3.73. The Labute approximate surface area is 159 Å². The van der Waals surface area contributed by atoms with Crippen LogP contribution in [0, 0.1) is 0 Å². The molecule has 0 aliphatic carbocycles. The molecule has 27 heavy (non-hydrogen) atoms. The Hall–Kier alpha value is -2.73. The number of aromatic nitrogens is 3. The Bertz CT molecular complexity index is 853. The summed E-state index contributed by atoms with van der Waals surface area (Å²) in [7, 11) is 0. The second-order valence-corrected chi connectivity index (χ2v) is 7.05. The highest BCUT2D eigenvalue weighted by Gasteiger charge is 2.22. The lowest BCUT2D eigenvalue weighted by Gasteiger charge is -2.35. The predicted molar refractivity (Wildman–Crippen MR) is 105 cm³/mol. The minimum absolute atomic E-state index is 0.0618. The van der Waals surface area contributed by atoms with Gasteiger partial charge in [0.25, 0.3) is 0 Å². The molecule has 1 atom stereocenters. The molecule has 2 heterocycles. The summed E-state index contributed by atoms with van der Waals surface area (Å²) < 4.78 is 0. The van der Waals surface area contributed by atoms with Crippen LogP contribution in [0.3, 0.4) is 0 Å². The number of fused-ring (bicyclic) bond motifs is 1. The number of amides is 1. The van der Waals surface area contributed by atoms with Crippen molar-refractivity contribution in [1.29, 1.82) is 0 Å². The average molecular weight is 363 g/mol. The molecule has 1 N–H and O–H groups in total. The third kappa shape index (κ3) is 4.34. The molecular formula is C21H25N5O. The molecule has 1 amide bonds. The van der Waals surface area contributed by atoms with Gasteiger partial charge in [0.2, 0.25) is 5.91 Å². The first-order chi connectivity index (χ1) is 13.3. The number of rotatable bonds is 6. The Balaban J connectivity index is 1.41. The van der Waals surface area contributed by atoms with Crippen molar-refractivity contribution in [3.8, 4) is 0 Å². The lowest BCUT2D eigenvalue weighted by atomic mass is 10.0. The third-order valence-corrected chi connectivity index (χ3v) is 5.12. The maximum atomic E-state index is 12.5. The van der Waals surface area contributed by atoms with E-state index in [-0.39, 0.29) is 18.5 Å². The van der Waals surface area contributed by atoms with E-state index >= 15 is 0 Å². The lowest BCUT2D eigenvalue weighted by Crippen LogP contribution is -2.41. The van der Waals surface area contributed by atoms with Gasteiger partial charge in [0.15, 0.2) is 0 Å². The van der Waals surface area contributed by atoms with Crippen LogP contribution in [0.1, 0.15) is 30.9 Å². The van der Waals surface area contributed by atoms with Gasteiger partial charge in [-0.2, -0.15) is 15.0 Å². The summed E-state index contributed by atoms with van der Waals surface area (Å²) in [5.74, 6) is -0.0618. The molecule has 3 aromatic rings. The standard InChI is InChI=1S/C21H25N5O/c27-21(16-26-23-18-11-5-6-12-19(18)24-26)22-15-20(17-9-3-1-4-10-17)25-13-7-2-8-14-25/h1,3-6,9-12,20H,2,7-8,13-16H2,(H,22,27). The van der Waals surface area contributed by atoms with Crippen molar-refractivity contribution >= 4 is 16.9 Å². The zero-order chi connectivity index (χ0) is 18.5. The maximum absolute atomic E-state index is 12.5. The Kier molecular flexibility index (Phi) is 5.44. The minimum Gasteiger partial charge on any atom is -0.353 e. The van der Waals surface area contributed by atoms with E-state index in [9.17, 15) is 4.79 Å². The largest absolute Gasteiger partial charge is 0.353 e. The van der Waals surface area contributed by atoms with E-state index in [0.717, 1.165) is 24.1 Å². The first kappa shape index (κ1) is 17.7. The monoisotopic (exact) mass is 363 g/mol. The predicted octanol–water partition coefficient (Wildman–Crippen LogP) is 2.77. The van der Waals surface area contributed by atoms with E-state index < -0.39 is 0 Å². The van der Waals surface area contributed by atoms with Gasteiger partial charge in [0, 0.05) is 6.54 Å². The molecule has 6 heteroatoms. The van der Waals surface area contributed by atoms with Crippen LogP contribution >= 0.6 is 0 Å². The lowest BCUT2D eigenvalue weighted by molar-refractivity contribution is -0.122. The quantitative estimate of drug-likeness (QED) is 0.731. The molecule has 4 rings (SSSR count). The van der Waals surface area contributed by atoms with Gasteiger partial charge in [-0.3, -0.25) is 9.69 Å². The topological polar surface area (TPSA) is 63.1 Å². The van der Waals surface area contributed by atoms with Crippen molar-refractivity contribution in [2.75, 3.05) is 19.6 Å². The van der Waals surface area contributed by atoms with Crippen LogP contribution in [0.4, 0.5) is 0 Å². The molecule has 0 spiro atoms. The number of likely N-dealkylation sites (tertiary alicyclic amines) is 1. The van der Waals surface area contributed by atoms with Crippen LogP contribution in [-0.2, 0) is 11.3 Å². The molecule has 2 aromatic carbocycles. The number of carbonyl (C=O) groups excluding carboxylic acids is 1. The first-order valence-electron chi connectivity index (χ1n) is 9.65. The normalized spacial score (nSPS) is 16.3. The fourth-order valence-electron chi connectivity index (χ4n) is 3.73. The molecule has 1 fully saturated rings. The molecule has 1 aliphatic rings. The van der Waals surface area contributed by atoms with E-state index in [1.54, 1.807) is 0 Å². The van der Waals surface area contributed by atoms with Crippen LogP contribution in [0.25, 0.3) is 11.0 Å². The number of nitrogens with one attached hydrogen (secondary N) is 1. The van der Waals surface area contributed by atoms with Gasteiger partial charge in [-0.1, -0.05) is 48.9 Å². The third-order valence-electron chi connectivity index (χ3n) is 5.12. The van der Waals surface area contributed by atoms with Crippen LogP contribution in [0.2, 0.25) is 0 Å². The van der Waals surface area contributed by atoms with Gasteiger partial charge in [0.1, 0.15) is 17.6 Å². The molecule has 0 saturated carbocycles. The van der Waals surface area contributed by atoms with Crippen molar-refractivity contribution < 1.29 is 4.79 Å². The van der Waals surface area contributed by atoms with E-state index in [4.69, 9.17) is 0 Å². The summed E-state index contributed by atoms with van der Waals surface area (Å²) in [5.41, 5.74) is 2.87. The van der Waals surface area contributed by atoms with E-state index in [1.165, 1.54) is 29.6 Å². The molecule has 1 unspecified atom stereocenters. The molecule has 1 aliphatic heterocycles. The number of benzene rings is 2. The molecule has 0 radical (unpaired) electrons. The van der Waals surface area contributed by atoms with Gasteiger partial charge in [0.05, 0.1) is 6.04 Å². The first-order valence-corrected chi connectivity index (χ1v) is 9.65. The molecular weight excluding hydrogens is 338 g/mol. The summed E-state index contributed by atoms with van der Waals surface area (Å²) in [5, 5.41) is 11.8. The summed E-state index contributed by atoms with van der Waals surface area (Å²) in [6, 6.07) is 18.3. The summed E-state index contributed by atoms with van der Waals surface area (Å²) in [4.78, 5) is 16.4. The van der Waals surface area contributed by atoms with Crippen LogP contribution < -0.4 is 5.32 Å². The summed E-state index contributed by atoms with van der Waals surface area (Å²) >= 11 is 0. The molecule has 0 bridgehead atoms. The van der Waals surface area contributed by atoms with E-state index in [1.807, 2.05) is 30.3 Å². The average Bonchev–Trinajstić information content (AvgIpc) is 3.12. The highest BCUT2D eigenvalue weighted by atomic mass is 16.2. The summed E-state index contributed by atoms with van der Waals surface area (Å²) in [6.07, 6.45) is 3.74. The van der Waals surface area contributed by atoms with Gasteiger partial charge < -0.3 is 5.32 Å². The van der Waals surface area contributed by atoms with Crippen molar-refractivity contribution in [2.24, 2.45) is 0 Å². The molecule has 1 aromatic heterocycles. The van der Waals surface area contributed by atoms with Gasteiger partial charge in [-0.15, -0.1) is 0 Å². The van der Waals surface area contributed by atoms with E-state index in [2.05, 4.69) is 44.7 Å². The number of hydrogen-bond acceptors (Lipinski definition) is 4. The Morgan fingerprint density at radius 3 is 2.22 bits per heavy atom. The second kappa shape index (κ2) is 8.31. The van der Waals surface area contributed by atoms with Crippen molar-refractivity contribution in [1.82, 2.24) is 25.2 Å². The fraction of sp³-hybridized carbons (Fsp3) is 0.381. The Morgan fingerprint density at radius 1 is 0.926 bits per heavy atom. The van der Waals surface area contributed by atoms with Crippen molar-refractivity contribution in [3.05, 3.63) is 60.2 Å². The smallest absolute Gasteiger partial charge is 0.243 e. The van der Waals surface area contributed by atoms with Crippen molar-refractivity contribution in [3.63, 3.8) is 0 Å². The van der Waals surface area contributed by atoms with Crippen LogP contribution in [0.5, 0.6) is 0 Å². The molecule has 1 saturated heterocycles. The van der Waals surface area contributed by atoms with Crippen molar-refractivity contribution in [2.45, 2.75) is 31.8 Å². The maximum Gasteiger partial charge on any atom is 0.243 e. The van der Waals surface area contributed by atoms with Crippen LogP contribution in [-0.4, -0.2) is 45.4 Å². The second-order valence-electron chi connectivity index (χ2n) is 7.05. The number of piperidine rings is 1. The highest BCUT2D eigenvalue weighted by Crippen LogP contribution is 2.24. The molecule has 6 nitrogen and oxygen atoms in total. The highest BCUT2D eigenvalue weighted by molar-refractivity contribution is 5.77. The van der Waals surface area contributed by atoms with Gasteiger partial charge in [-0.25, -0.2) is 0 Å². The summed E-state index contributed by atoms with van der Waals surface area (Å²) in [6.45, 7) is 2.91. The number of hydrogen-bond donors (Lipinski definition) is 1. The Morgan fingerprint density at radius 2 is 1.56 bits per heavy atom. The number of carbonyl (C=O) groups is 1. The minimum atomic E-state index is -0.0618. The number of nitrogens with zero attached hydrogens (tertiary/aromatic N) is 4. The SMILES string of the molecule is O=C(Cn1nc2ccccc2n1)NCC(c1ccccc1)N1CCCCC1. The zero-order valence-corrected chi connectivity index (χ0v) is 15.4. The van der Waals surface area contributed by atoms with Gasteiger partial charge >= 0.3 is 0 Å². The van der Waals surface area contributed by atoms with E-state index in [0.29, 0.717) is 6.54 Å². The zero-order valence-electron chi connectivity index (χ0n) is 15.4. The van der Waals surface area contributed by atoms with Gasteiger partial charge in [-0.05, 0) is 43.6 Å².